The lowest BCUT2D eigenvalue weighted by Gasteiger charge is -2.10. The van der Waals surface area contributed by atoms with Gasteiger partial charge in [0.05, 0.1) is 11.4 Å². The molecule has 0 aliphatic rings. The van der Waals surface area contributed by atoms with Crippen molar-refractivity contribution in [2.45, 2.75) is 6.61 Å². The number of carbonyl (C=O) groups is 1. The van der Waals surface area contributed by atoms with E-state index in [1.54, 1.807) is 30.6 Å². The minimum atomic E-state index is -0.861. The Morgan fingerprint density at radius 1 is 1.22 bits per heavy atom. The second-order valence-corrected chi connectivity index (χ2v) is 4.80. The number of H-pyrrole nitrogens is 1. The lowest BCUT2D eigenvalue weighted by atomic mass is 10.0. The van der Waals surface area contributed by atoms with Crippen LogP contribution in [0.5, 0.6) is 0 Å². The van der Waals surface area contributed by atoms with Gasteiger partial charge in [-0.2, -0.15) is 5.10 Å². The zero-order chi connectivity index (χ0) is 16.2. The molecule has 6 nitrogen and oxygen atoms in total. The molecule has 3 aromatic rings. The first-order valence-electron chi connectivity index (χ1n) is 6.81. The predicted molar refractivity (Wildman–Crippen MR) is 81.6 cm³/mol. The number of hydrogen-bond donors (Lipinski definition) is 2. The van der Waals surface area contributed by atoms with Gasteiger partial charge in [-0.3, -0.25) is 10.1 Å². The third-order valence-electron chi connectivity index (χ3n) is 3.27. The molecule has 0 spiro atoms. The fraction of sp³-hybridized carbons (Fsp3) is 0.0625. The maximum absolute atomic E-state index is 13.1. The summed E-state index contributed by atoms with van der Waals surface area (Å²) < 4.78 is 17.9. The van der Waals surface area contributed by atoms with Crippen molar-refractivity contribution in [1.29, 1.82) is 0 Å². The Hall–Kier alpha value is -3.22. The number of pyridine rings is 1. The van der Waals surface area contributed by atoms with Gasteiger partial charge in [0.25, 0.3) is 0 Å². The van der Waals surface area contributed by atoms with Gasteiger partial charge in [0.2, 0.25) is 0 Å². The zero-order valence-electron chi connectivity index (χ0n) is 12.0. The van der Waals surface area contributed by atoms with Crippen LogP contribution in [0, 0.1) is 5.82 Å². The van der Waals surface area contributed by atoms with E-state index < -0.39 is 6.09 Å². The van der Waals surface area contributed by atoms with Crippen LogP contribution in [0.4, 0.5) is 9.18 Å². The molecule has 2 aromatic heterocycles. The quantitative estimate of drug-likeness (QED) is 0.774. The molecule has 7 heteroatoms. The van der Waals surface area contributed by atoms with E-state index >= 15 is 0 Å². The van der Waals surface area contributed by atoms with Crippen molar-refractivity contribution in [3.05, 3.63) is 60.2 Å². The molecule has 0 radical (unpaired) electrons. The number of nitrogens with zero attached hydrogens (tertiary/aromatic N) is 2. The molecule has 0 bridgehead atoms. The topological polar surface area (TPSA) is 93.9 Å². The number of primary amides is 1. The highest BCUT2D eigenvalue weighted by Gasteiger charge is 2.12. The first-order valence-corrected chi connectivity index (χ1v) is 6.81. The van der Waals surface area contributed by atoms with Gasteiger partial charge in [0.1, 0.15) is 12.4 Å². The molecule has 0 saturated heterocycles. The van der Waals surface area contributed by atoms with E-state index in [-0.39, 0.29) is 12.4 Å². The van der Waals surface area contributed by atoms with Gasteiger partial charge in [-0.15, -0.1) is 0 Å². The van der Waals surface area contributed by atoms with Crippen LogP contribution in [0.15, 0.2) is 48.8 Å². The lowest BCUT2D eigenvalue weighted by Crippen LogP contribution is -2.13. The largest absolute Gasteiger partial charge is 0.445 e. The van der Waals surface area contributed by atoms with E-state index in [1.807, 2.05) is 6.07 Å². The smallest absolute Gasteiger partial charge is 0.404 e. The Labute approximate surface area is 131 Å². The van der Waals surface area contributed by atoms with Gasteiger partial charge in [-0.25, -0.2) is 9.18 Å². The number of nitrogens with two attached hydrogens (primary N) is 1. The summed E-state index contributed by atoms with van der Waals surface area (Å²) in [5.41, 5.74) is 8.53. The second-order valence-electron chi connectivity index (χ2n) is 4.80. The summed E-state index contributed by atoms with van der Waals surface area (Å²) in [5.74, 6) is -0.312. The number of ether oxygens (including phenoxy) is 1. The van der Waals surface area contributed by atoms with E-state index in [0.717, 1.165) is 11.1 Å². The normalized spacial score (nSPS) is 10.5. The molecule has 0 fully saturated rings. The van der Waals surface area contributed by atoms with E-state index in [2.05, 4.69) is 15.2 Å². The summed E-state index contributed by atoms with van der Waals surface area (Å²) in [6.07, 6.45) is 2.41. The number of rotatable bonds is 4. The standard InChI is InChI=1S/C16H13FN4O2/c17-12-3-1-10(2-4-12)15-7-13(14-5-6-20-21-14)11(8-19-15)9-23-16(18)22/h1-8H,9H2,(H2,18,22)(H,20,21). The number of benzene rings is 1. The maximum Gasteiger partial charge on any atom is 0.404 e. The summed E-state index contributed by atoms with van der Waals surface area (Å²) in [6.45, 7) is -0.00573. The number of hydrogen-bond acceptors (Lipinski definition) is 4. The van der Waals surface area contributed by atoms with Crippen molar-refractivity contribution in [1.82, 2.24) is 15.2 Å². The van der Waals surface area contributed by atoms with Crippen LogP contribution in [-0.4, -0.2) is 21.3 Å². The van der Waals surface area contributed by atoms with Gasteiger partial charge < -0.3 is 10.5 Å². The van der Waals surface area contributed by atoms with Crippen LogP contribution in [-0.2, 0) is 11.3 Å². The van der Waals surface area contributed by atoms with E-state index in [1.165, 1.54) is 12.1 Å². The highest BCUT2D eigenvalue weighted by Crippen LogP contribution is 2.27. The van der Waals surface area contributed by atoms with Crippen LogP contribution in [0.2, 0.25) is 0 Å². The third kappa shape index (κ3) is 3.34. The van der Waals surface area contributed by atoms with Gasteiger partial charge in [0.15, 0.2) is 0 Å². The molecule has 0 unspecified atom stereocenters. The van der Waals surface area contributed by atoms with Crippen LogP contribution >= 0.6 is 0 Å². The van der Waals surface area contributed by atoms with Crippen molar-refractivity contribution in [3.8, 4) is 22.5 Å². The molecular formula is C16H13FN4O2. The average Bonchev–Trinajstić information content (AvgIpc) is 3.08. The van der Waals surface area contributed by atoms with Crippen LogP contribution in [0.25, 0.3) is 22.5 Å². The maximum atomic E-state index is 13.1. The van der Waals surface area contributed by atoms with E-state index in [4.69, 9.17) is 10.5 Å². The summed E-state index contributed by atoms with van der Waals surface area (Å²) in [7, 11) is 0. The van der Waals surface area contributed by atoms with Crippen molar-refractivity contribution in [3.63, 3.8) is 0 Å². The first-order chi connectivity index (χ1) is 11.1. The number of aromatic nitrogens is 3. The third-order valence-corrected chi connectivity index (χ3v) is 3.27. The molecule has 3 rings (SSSR count). The molecule has 23 heavy (non-hydrogen) atoms. The summed E-state index contributed by atoms with van der Waals surface area (Å²) in [5, 5.41) is 6.87. The van der Waals surface area contributed by atoms with Crippen molar-refractivity contribution in [2.24, 2.45) is 5.73 Å². The Balaban J connectivity index is 2.02. The molecule has 2 heterocycles. The van der Waals surface area contributed by atoms with Crippen molar-refractivity contribution < 1.29 is 13.9 Å². The molecule has 0 aliphatic heterocycles. The summed E-state index contributed by atoms with van der Waals surface area (Å²) in [4.78, 5) is 15.1. The number of carbonyl (C=O) groups excluding carboxylic acids is 1. The average molecular weight is 312 g/mol. The van der Waals surface area contributed by atoms with Gasteiger partial charge in [-0.05, 0) is 36.4 Å². The van der Waals surface area contributed by atoms with Crippen LogP contribution < -0.4 is 5.73 Å². The Kier molecular flexibility index (Phi) is 4.01. The second kappa shape index (κ2) is 6.27. The highest BCUT2D eigenvalue weighted by atomic mass is 19.1. The molecule has 3 N–H and O–H groups in total. The number of amides is 1. The molecule has 0 atom stereocenters. The Morgan fingerprint density at radius 2 is 2.00 bits per heavy atom. The van der Waals surface area contributed by atoms with Gasteiger partial charge in [0, 0.05) is 29.1 Å². The minimum absolute atomic E-state index is 0.00573. The van der Waals surface area contributed by atoms with E-state index in [0.29, 0.717) is 17.0 Å². The molecule has 0 aliphatic carbocycles. The zero-order valence-corrected chi connectivity index (χ0v) is 12.0. The fourth-order valence-electron chi connectivity index (χ4n) is 2.17. The van der Waals surface area contributed by atoms with Crippen molar-refractivity contribution >= 4 is 6.09 Å². The first kappa shape index (κ1) is 14.7. The van der Waals surface area contributed by atoms with Crippen LogP contribution in [0.3, 0.4) is 0 Å². The molecule has 1 amide bonds. The monoisotopic (exact) mass is 312 g/mol. The fourth-order valence-corrected chi connectivity index (χ4v) is 2.17. The van der Waals surface area contributed by atoms with Gasteiger partial charge >= 0.3 is 6.09 Å². The summed E-state index contributed by atoms with van der Waals surface area (Å²) >= 11 is 0. The molecule has 1 aromatic carbocycles. The molecular weight excluding hydrogens is 299 g/mol. The van der Waals surface area contributed by atoms with Crippen LogP contribution in [0.1, 0.15) is 5.56 Å². The Bertz CT molecular complexity index is 817. The predicted octanol–water partition coefficient (Wildman–Crippen LogP) is 2.87. The van der Waals surface area contributed by atoms with Gasteiger partial charge in [-0.1, -0.05) is 0 Å². The SMILES string of the molecule is NC(=O)OCc1cnc(-c2ccc(F)cc2)cc1-c1cc[nH]n1. The van der Waals surface area contributed by atoms with Crippen molar-refractivity contribution in [2.75, 3.05) is 0 Å². The lowest BCUT2D eigenvalue weighted by molar-refractivity contribution is 0.150. The minimum Gasteiger partial charge on any atom is -0.445 e. The number of halogens is 1. The molecule has 0 saturated carbocycles. The Morgan fingerprint density at radius 3 is 2.65 bits per heavy atom. The molecule has 116 valence electrons. The van der Waals surface area contributed by atoms with E-state index in [9.17, 15) is 9.18 Å². The summed E-state index contributed by atoms with van der Waals surface area (Å²) in [6, 6.07) is 9.63. The highest BCUT2D eigenvalue weighted by molar-refractivity contribution is 5.71. The number of aromatic amines is 1. The number of nitrogens with one attached hydrogen (secondary N) is 1.